The molecule has 174 valence electrons. The van der Waals surface area contributed by atoms with E-state index in [-0.39, 0.29) is 55.3 Å². The summed E-state index contributed by atoms with van der Waals surface area (Å²) < 4.78 is 37.8. The van der Waals surface area contributed by atoms with Crippen LogP contribution in [0.4, 0.5) is 13.6 Å². The molecule has 1 saturated heterocycles. The van der Waals surface area contributed by atoms with Crippen LogP contribution in [-0.2, 0) is 22.4 Å². The minimum Gasteiger partial charge on any atom is -0.465 e. The number of likely N-dealkylation sites (N-methyl/N-ethyl adjacent to an activating group) is 1. The first-order valence-corrected chi connectivity index (χ1v) is 10.5. The molecule has 1 atom stereocenters. The molecule has 0 spiro atoms. The van der Waals surface area contributed by atoms with Gasteiger partial charge in [0.2, 0.25) is 5.91 Å². The highest BCUT2D eigenvalue weighted by molar-refractivity contribution is 5.78. The van der Waals surface area contributed by atoms with Crippen molar-refractivity contribution < 1.29 is 28.2 Å². The number of amides is 2. The lowest BCUT2D eigenvalue weighted by atomic mass is 10.0. The number of hydrogen-bond acceptors (Lipinski definition) is 4. The van der Waals surface area contributed by atoms with Crippen LogP contribution in [0, 0.1) is 18.6 Å². The number of carboxylic acid groups (broad SMARTS) is 1. The van der Waals surface area contributed by atoms with Crippen LogP contribution in [0.5, 0.6) is 0 Å². The van der Waals surface area contributed by atoms with Crippen LogP contribution in [0.25, 0.3) is 16.9 Å². The Labute approximate surface area is 188 Å². The fourth-order valence-electron chi connectivity index (χ4n) is 4.05. The Bertz CT molecular complexity index is 1200. The lowest BCUT2D eigenvalue weighted by molar-refractivity contribution is -0.119. The maximum absolute atomic E-state index is 15.1. The van der Waals surface area contributed by atoms with E-state index in [1.807, 2.05) is 13.0 Å². The number of ether oxygens (including phenoxy) is 1. The zero-order valence-corrected chi connectivity index (χ0v) is 18.3. The molecule has 0 saturated carbocycles. The summed E-state index contributed by atoms with van der Waals surface area (Å²) in [4.78, 5) is 28.8. The monoisotopic (exact) mass is 458 g/mol. The van der Waals surface area contributed by atoms with Crippen molar-refractivity contribution >= 4 is 17.6 Å². The van der Waals surface area contributed by atoms with Gasteiger partial charge in [0, 0.05) is 26.2 Å². The van der Waals surface area contributed by atoms with Gasteiger partial charge in [0.05, 0.1) is 42.6 Å². The molecule has 0 unspecified atom stereocenters. The van der Waals surface area contributed by atoms with Crippen molar-refractivity contribution in [2.75, 3.05) is 26.7 Å². The first kappa shape index (κ1) is 22.7. The molecule has 0 radical (unpaired) electrons. The van der Waals surface area contributed by atoms with Crippen LogP contribution in [0.2, 0.25) is 0 Å². The predicted molar refractivity (Wildman–Crippen MR) is 116 cm³/mol. The van der Waals surface area contributed by atoms with Gasteiger partial charge in [-0.05, 0) is 42.3 Å². The number of benzene rings is 1. The Kier molecular flexibility index (Phi) is 6.28. The number of hydrogen-bond donors (Lipinski definition) is 2. The largest absolute Gasteiger partial charge is 0.465 e. The summed E-state index contributed by atoms with van der Waals surface area (Å²) in [5.74, 6) is -2.01. The van der Waals surface area contributed by atoms with Gasteiger partial charge in [-0.1, -0.05) is 0 Å². The molecular formula is C23H24F2N4O4. The second kappa shape index (κ2) is 9.14. The smallest absolute Gasteiger partial charge is 0.407 e. The van der Waals surface area contributed by atoms with Crippen molar-refractivity contribution in [3.63, 3.8) is 0 Å². The molecule has 1 aliphatic rings. The molecule has 10 heteroatoms. The number of pyridine rings is 1. The quantitative estimate of drug-likeness (QED) is 0.613. The third-order valence-corrected chi connectivity index (χ3v) is 5.69. The predicted octanol–water partition coefficient (Wildman–Crippen LogP) is 2.80. The summed E-state index contributed by atoms with van der Waals surface area (Å²) >= 11 is 0. The molecule has 0 aliphatic carbocycles. The van der Waals surface area contributed by atoms with Crippen LogP contribution in [0.15, 0.2) is 30.5 Å². The Morgan fingerprint density at radius 2 is 2.00 bits per heavy atom. The summed E-state index contributed by atoms with van der Waals surface area (Å²) in [5, 5.41) is 11.7. The Hall–Kier alpha value is -3.53. The van der Waals surface area contributed by atoms with Crippen molar-refractivity contribution in [3.05, 3.63) is 58.9 Å². The molecule has 2 N–H and O–H groups in total. The number of nitrogens with zero attached hydrogens (tertiary/aromatic N) is 3. The lowest BCUT2D eigenvalue weighted by Crippen LogP contribution is -2.45. The number of halogens is 2. The number of fused-ring (bicyclic) bond motifs is 1. The molecule has 3 aromatic rings. The van der Waals surface area contributed by atoms with Gasteiger partial charge in [0.1, 0.15) is 17.3 Å². The van der Waals surface area contributed by atoms with E-state index in [9.17, 15) is 14.7 Å². The first-order valence-electron chi connectivity index (χ1n) is 10.5. The van der Waals surface area contributed by atoms with Gasteiger partial charge in [-0.3, -0.25) is 4.79 Å². The van der Waals surface area contributed by atoms with Gasteiger partial charge < -0.3 is 24.5 Å². The molecule has 2 amide bonds. The fraction of sp³-hybridized carbons (Fsp3) is 0.348. The van der Waals surface area contributed by atoms with E-state index in [0.717, 1.165) is 17.7 Å². The van der Waals surface area contributed by atoms with Crippen molar-refractivity contribution in [1.29, 1.82) is 0 Å². The number of carbonyl (C=O) groups is 2. The van der Waals surface area contributed by atoms with E-state index in [1.54, 1.807) is 16.7 Å². The standard InChI is InChI=1S/C23H24F2N4O4/c1-13-3-4-29-18(11-15-12-28(23(31)32)5-6-33-15)22(27-19(29)7-13)21-16(24)8-14(9-17(21)25)10-20(30)26-2/h3-4,7-9,15H,5-6,10-12H2,1-2H3,(H,26,30)(H,31,32)/t15-/m0/s1. The van der Waals surface area contributed by atoms with Gasteiger partial charge in [0.25, 0.3) is 0 Å². The second-order valence-electron chi connectivity index (χ2n) is 8.05. The summed E-state index contributed by atoms with van der Waals surface area (Å²) in [7, 11) is 1.45. The number of aromatic nitrogens is 2. The Morgan fingerprint density at radius 1 is 1.27 bits per heavy atom. The van der Waals surface area contributed by atoms with Gasteiger partial charge in [-0.25, -0.2) is 18.6 Å². The van der Waals surface area contributed by atoms with E-state index in [1.165, 1.54) is 11.9 Å². The number of rotatable bonds is 5. The topological polar surface area (TPSA) is 96.2 Å². The maximum Gasteiger partial charge on any atom is 0.407 e. The molecule has 4 rings (SSSR count). The van der Waals surface area contributed by atoms with E-state index in [4.69, 9.17) is 4.74 Å². The van der Waals surface area contributed by atoms with Crippen LogP contribution in [-0.4, -0.2) is 64.2 Å². The lowest BCUT2D eigenvalue weighted by Gasteiger charge is -2.31. The van der Waals surface area contributed by atoms with Gasteiger partial charge in [0.15, 0.2) is 0 Å². The number of nitrogens with one attached hydrogen (secondary N) is 1. The normalized spacial score (nSPS) is 16.2. The van der Waals surface area contributed by atoms with Crippen LogP contribution < -0.4 is 5.32 Å². The fourth-order valence-corrected chi connectivity index (χ4v) is 4.05. The highest BCUT2D eigenvalue weighted by atomic mass is 19.1. The minimum absolute atomic E-state index is 0.123. The van der Waals surface area contributed by atoms with Crippen molar-refractivity contribution in [1.82, 2.24) is 19.6 Å². The first-order chi connectivity index (χ1) is 15.8. The van der Waals surface area contributed by atoms with E-state index in [0.29, 0.717) is 11.3 Å². The molecule has 1 aromatic carbocycles. The highest BCUT2D eigenvalue weighted by Gasteiger charge is 2.28. The van der Waals surface area contributed by atoms with E-state index < -0.39 is 23.8 Å². The zero-order valence-electron chi connectivity index (χ0n) is 18.3. The molecule has 2 aromatic heterocycles. The van der Waals surface area contributed by atoms with Gasteiger partial charge in [-0.15, -0.1) is 0 Å². The zero-order chi connectivity index (χ0) is 23.7. The highest BCUT2D eigenvalue weighted by Crippen LogP contribution is 2.32. The summed E-state index contributed by atoms with van der Waals surface area (Å²) in [5.41, 5.74) is 2.00. The van der Waals surface area contributed by atoms with E-state index >= 15 is 8.78 Å². The molecule has 3 heterocycles. The van der Waals surface area contributed by atoms with Crippen LogP contribution in [0.3, 0.4) is 0 Å². The Morgan fingerprint density at radius 3 is 2.67 bits per heavy atom. The number of carbonyl (C=O) groups excluding carboxylic acids is 1. The number of aryl methyl sites for hydroxylation is 1. The molecule has 8 nitrogen and oxygen atoms in total. The average molecular weight is 458 g/mol. The molecule has 1 fully saturated rings. The van der Waals surface area contributed by atoms with Crippen molar-refractivity contribution in [2.24, 2.45) is 0 Å². The second-order valence-corrected chi connectivity index (χ2v) is 8.05. The van der Waals surface area contributed by atoms with Crippen LogP contribution >= 0.6 is 0 Å². The maximum atomic E-state index is 15.1. The van der Waals surface area contributed by atoms with Gasteiger partial charge >= 0.3 is 6.09 Å². The van der Waals surface area contributed by atoms with Crippen molar-refractivity contribution in [2.45, 2.75) is 25.9 Å². The summed E-state index contributed by atoms with van der Waals surface area (Å²) in [6.07, 6.45) is 0.296. The third-order valence-electron chi connectivity index (χ3n) is 5.69. The van der Waals surface area contributed by atoms with Crippen LogP contribution in [0.1, 0.15) is 16.8 Å². The van der Waals surface area contributed by atoms with Gasteiger partial charge in [-0.2, -0.15) is 0 Å². The molecule has 33 heavy (non-hydrogen) atoms. The third kappa shape index (κ3) is 4.65. The SMILES string of the molecule is CNC(=O)Cc1cc(F)c(-c2nc3cc(C)ccn3c2C[C@H]2CN(C(=O)O)CCO2)c(F)c1. The van der Waals surface area contributed by atoms with E-state index in [2.05, 4.69) is 10.3 Å². The molecular weight excluding hydrogens is 434 g/mol. The summed E-state index contributed by atoms with van der Waals surface area (Å²) in [6, 6.07) is 5.92. The summed E-state index contributed by atoms with van der Waals surface area (Å²) in [6.45, 7) is 2.53. The molecule has 1 aliphatic heterocycles. The number of imidazole rings is 1. The Balaban J connectivity index is 1.78. The van der Waals surface area contributed by atoms with Crippen molar-refractivity contribution in [3.8, 4) is 11.3 Å². The number of morpholine rings is 1. The molecule has 0 bridgehead atoms. The average Bonchev–Trinajstić information content (AvgIpc) is 3.10. The minimum atomic E-state index is -1.04.